The monoisotopic (exact) mass is 438 g/mol. The molecule has 0 rings (SSSR count). The summed E-state index contributed by atoms with van der Waals surface area (Å²) >= 11 is 0. The first kappa shape index (κ1) is 25.6. The summed E-state index contributed by atoms with van der Waals surface area (Å²) in [4.78, 5) is 0. The van der Waals surface area contributed by atoms with Gasteiger partial charge in [0.1, 0.15) is 0 Å². The van der Waals surface area contributed by atoms with E-state index in [4.69, 9.17) is 0 Å². The summed E-state index contributed by atoms with van der Waals surface area (Å²) in [5.41, 5.74) is 0. The van der Waals surface area contributed by atoms with Crippen LogP contribution in [0.15, 0.2) is 0 Å². The van der Waals surface area contributed by atoms with Crippen LogP contribution in [0.1, 0.15) is 1.43 Å². The Morgan fingerprint density at radius 1 is 1.25 bits per heavy atom. The second-order valence-electron chi connectivity index (χ2n) is 0. The third-order valence-electron chi connectivity index (χ3n) is 0. The molecular formula is H4BiCuLaNa. The molecule has 0 aliphatic heterocycles. The molecule has 0 heterocycles. The van der Waals surface area contributed by atoms with E-state index in [1.165, 1.54) is 0 Å². The molecule has 0 atom stereocenters. The normalized spacial score (nSPS) is 0. The van der Waals surface area contributed by atoms with Gasteiger partial charge in [0.15, 0.2) is 0 Å². The molecule has 4 heavy (non-hydrogen) atoms. The van der Waals surface area contributed by atoms with Gasteiger partial charge in [-0.25, -0.2) is 0 Å². The largest absolute Gasteiger partial charge is 1.00 e. The Balaban J connectivity index is 0. The van der Waals surface area contributed by atoms with Crippen LogP contribution in [0.25, 0.3) is 0 Å². The van der Waals surface area contributed by atoms with Gasteiger partial charge in [0, 0.05) is 52.7 Å². The number of hydrogen-bond donors (Lipinski definition) is 0. The smallest absolute Gasteiger partial charge is 1.00 e. The van der Waals surface area contributed by atoms with E-state index in [0.29, 0.717) is 0 Å². The van der Waals surface area contributed by atoms with Crippen molar-refractivity contribution in [1.82, 2.24) is 0 Å². The number of rotatable bonds is 0. The van der Waals surface area contributed by atoms with E-state index in [0.717, 1.165) is 0 Å². The van der Waals surface area contributed by atoms with Gasteiger partial charge in [0.05, 0.1) is 0 Å². The second kappa shape index (κ2) is 16.0. The molecule has 0 aromatic carbocycles. The molecule has 4 heteroatoms. The van der Waals surface area contributed by atoms with Gasteiger partial charge < -0.3 is 1.43 Å². The molecule has 0 bridgehead atoms. The predicted molar refractivity (Wildman–Crippen MR) is 11.1 cm³/mol. The third kappa shape index (κ3) is 9.14. The van der Waals surface area contributed by atoms with Crippen molar-refractivity contribution in [2.75, 3.05) is 0 Å². The minimum atomic E-state index is 0. The maximum absolute atomic E-state index is 0. The maximum Gasteiger partial charge on any atom is 1.00 e. The van der Waals surface area contributed by atoms with Crippen molar-refractivity contribution in [3.63, 3.8) is 0 Å². The molecule has 0 amide bonds. The quantitative estimate of drug-likeness (QED) is 0.338. The van der Waals surface area contributed by atoms with Crippen LogP contribution in [0.4, 0.5) is 0 Å². The van der Waals surface area contributed by atoms with Crippen LogP contribution in [0.2, 0.25) is 0 Å². The van der Waals surface area contributed by atoms with Crippen LogP contribution in [0.5, 0.6) is 0 Å². The Bertz CT molecular complexity index is 11.6. The first-order valence-electron chi connectivity index (χ1n) is 0. The summed E-state index contributed by atoms with van der Waals surface area (Å²) in [6, 6.07) is 0. The van der Waals surface area contributed by atoms with Gasteiger partial charge in [-0.3, -0.25) is 0 Å². The summed E-state index contributed by atoms with van der Waals surface area (Å²) in [7, 11) is 0. The number of hydrogen-bond acceptors (Lipinski definition) is 0. The molecule has 0 spiro atoms. The van der Waals surface area contributed by atoms with E-state index in [1.807, 2.05) is 0 Å². The van der Waals surface area contributed by atoms with Gasteiger partial charge in [-0.05, 0) is 0 Å². The third-order valence-corrected chi connectivity index (χ3v) is 0. The van der Waals surface area contributed by atoms with Gasteiger partial charge in [-0.1, -0.05) is 0 Å². The van der Waals surface area contributed by atoms with E-state index in [-0.39, 0.29) is 110 Å². The molecule has 0 saturated heterocycles. The summed E-state index contributed by atoms with van der Waals surface area (Å²) in [6.07, 6.45) is 0. The fraction of sp³-hybridized carbons (Fsp3) is 0. The van der Waals surface area contributed by atoms with Crippen LogP contribution in [-0.4, -0.2) is 26.2 Å². The summed E-state index contributed by atoms with van der Waals surface area (Å²) in [5, 5.41) is 0. The zero-order valence-electron chi connectivity index (χ0n) is 3.59. The maximum atomic E-state index is 0. The van der Waals surface area contributed by atoms with Crippen molar-refractivity contribution in [1.29, 1.82) is 0 Å². The van der Waals surface area contributed by atoms with Gasteiger partial charge >= 0.3 is 55.8 Å². The molecule has 0 aromatic rings. The predicted octanol–water partition coefficient (Wildman–Crippen LogP) is -4.07. The van der Waals surface area contributed by atoms with E-state index in [2.05, 4.69) is 0 Å². The van der Waals surface area contributed by atoms with Gasteiger partial charge in [0.2, 0.25) is 0 Å². The van der Waals surface area contributed by atoms with Gasteiger partial charge in [0.25, 0.3) is 0 Å². The molecule has 0 N–H and O–H groups in total. The minimum absolute atomic E-state index is 0. The molecule has 0 fully saturated rings. The first-order chi connectivity index (χ1) is 0. The van der Waals surface area contributed by atoms with E-state index < -0.39 is 0 Å². The average Bonchev–Trinajstić information content (AvgIpc) is 0. The van der Waals surface area contributed by atoms with Crippen molar-refractivity contribution in [2.24, 2.45) is 0 Å². The molecule has 0 aliphatic rings. The standard InChI is InChI=1S/Bi.Cu.La.Na.4H/q;;;+1;;;;-1. The molecule has 2 radical (unpaired) electrons. The Labute approximate surface area is 107 Å². The van der Waals surface area contributed by atoms with Crippen LogP contribution in [0.3, 0.4) is 0 Å². The minimum Gasteiger partial charge on any atom is -1.00 e. The van der Waals surface area contributed by atoms with Crippen LogP contribution in [-0.2, 0) is 17.1 Å². The Morgan fingerprint density at radius 3 is 1.25 bits per heavy atom. The Hall–Kier alpha value is 3.60. The Morgan fingerprint density at radius 2 is 1.25 bits per heavy atom. The molecule has 0 saturated carbocycles. The first-order valence-corrected chi connectivity index (χ1v) is 0. The summed E-state index contributed by atoms with van der Waals surface area (Å²) in [6.45, 7) is 0. The summed E-state index contributed by atoms with van der Waals surface area (Å²) < 4.78 is 0. The van der Waals surface area contributed by atoms with Crippen molar-refractivity contribution in [3.05, 3.63) is 0 Å². The van der Waals surface area contributed by atoms with Gasteiger partial charge in [-0.15, -0.1) is 0 Å². The fourth-order valence-electron chi connectivity index (χ4n) is 0. The van der Waals surface area contributed by atoms with Crippen LogP contribution < -0.4 is 29.6 Å². The molecule has 0 aliphatic carbocycles. The zero-order chi connectivity index (χ0) is 0. The van der Waals surface area contributed by atoms with Crippen molar-refractivity contribution < 1.29 is 83.7 Å². The second-order valence-corrected chi connectivity index (χ2v) is 0. The topological polar surface area (TPSA) is 0 Å². The fourth-order valence-corrected chi connectivity index (χ4v) is 0. The SMILES string of the molecule is [BiH3].[Cu].[H-].[La].[Na+]. The van der Waals surface area contributed by atoms with Crippen molar-refractivity contribution in [2.45, 2.75) is 0 Å². The molecule has 0 unspecified atom stereocenters. The van der Waals surface area contributed by atoms with Crippen LogP contribution in [0, 0.1) is 35.6 Å². The zero-order valence-corrected chi connectivity index (χ0v) is 14.7. The van der Waals surface area contributed by atoms with Crippen LogP contribution >= 0.6 is 0 Å². The summed E-state index contributed by atoms with van der Waals surface area (Å²) in [5.74, 6) is 0. The van der Waals surface area contributed by atoms with E-state index >= 15 is 0 Å². The molecule has 0 nitrogen and oxygen atoms in total. The average molecular weight is 438 g/mol. The van der Waals surface area contributed by atoms with Crippen molar-refractivity contribution >= 4 is 26.2 Å². The van der Waals surface area contributed by atoms with Crippen molar-refractivity contribution in [3.8, 4) is 0 Å². The molecular weight excluding hydrogens is 434 g/mol. The van der Waals surface area contributed by atoms with E-state index in [9.17, 15) is 0 Å². The van der Waals surface area contributed by atoms with Gasteiger partial charge in [-0.2, -0.15) is 0 Å². The molecule has 0 aromatic heterocycles. The molecule has 24 valence electrons. The Kier molecular flexibility index (Phi) is 102. The van der Waals surface area contributed by atoms with E-state index in [1.54, 1.807) is 0 Å².